The predicted molar refractivity (Wildman–Crippen MR) is 72.1 cm³/mol. The monoisotopic (exact) mass is 245 g/mol. The van der Waals surface area contributed by atoms with Crippen molar-refractivity contribution in [2.24, 2.45) is 11.3 Å². The second-order valence-electron chi connectivity index (χ2n) is 6.09. The number of nitrogens with one attached hydrogen (secondary N) is 1. The molecule has 1 aliphatic carbocycles. The topological polar surface area (TPSA) is 29.1 Å². The van der Waals surface area contributed by atoms with Gasteiger partial charge in [-0.25, -0.2) is 0 Å². The summed E-state index contributed by atoms with van der Waals surface area (Å²) in [4.78, 5) is 0. The number of hydrogen-bond acceptors (Lipinski definition) is 2. The molecule has 0 bridgehead atoms. The number of hydrogen-bond donors (Lipinski definition) is 1. The third-order valence-corrected chi connectivity index (χ3v) is 4.45. The van der Waals surface area contributed by atoms with Gasteiger partial charge in [0.2, 0.25) is 0 Å². The molecule has 1 rings (SSSR count). The zero-order valence-electron chi connectivity index (χ0n) is 11.2. The second-order valence-corrected chi connectivity index (χ2v) is 7.65. The molecule has 1 N–H and O–H groups in total. The maximum absolute atomic E-state index is 11.0. The van der Waals surface area contributed by atoms with Crippen LogP contribution in [0, 0.1) is 11.3 Å². The quantitative estimate of drug-likeness (QED) is 0.825. The molecule has 1 fully saturated rings. The molecule has 1 aliphatic rings. The fourth-order valence-corrected chi connectivity index (χ4v) is 3.21. The third-order valence-electron chi connectivity index (χ3n) is 3.67. The highest BCUT2D eigenvalue weighted by atomic mass is 32.2. The molecule has 96 valence electrons. The Hall–Kier alpha value is 0.110. The van der Waals surface area contributed by atoms with Crippen LogP contribution < -0.4 is 5.32 Å². The van der Waals surface area contributed by atoms with E-state index < -0.39 is 10.8 Å². The lowest BCUT2D eigenvalue weighted by molar-refractivity contribution is 0.132. The van der Waals surface area contributed by atoms with Gasteiger partial charge in [0.15, 0.2) is 0 Å². The molecule has 0 spiro atoms. The van der Waals surface area contributed by atoms with Gasteiger partial charge >= 0.3 is 0 Å². The van der Waals surface area contributed by atoms with Crippen molar-refractivity contribution in [2.75, 3.05) is 18.6 Å². The van der Waals surface area contributed by atoms with Gasteiger partial charge in [0.25, 0.3) is 0 Å². The summed E-state index contributed by atoms with van der Waals surface area (Å²) in [5.74, 6) is 1.56. The average molecular weight is 245 g/mol. The Morgan fingerprint density at radius 1 is 1.25 bits per heavy atom. The van der Waals surface area contributed by atoms with E-state index in [1.165, 1.54) is 25.7 Å². The maximum Gasteiger partial charge on any atom is 0.0357 e. The molecular formula is C13H27NOS. The lowest BCUT2D eigenvalue weighted by atomic mass is 9.69. The summed E-state index contributed by atoms with van der Waals surface area (Å²) in [6.07, 6.45) is 7.14. The Labute approximate surface area is 103 Å². The first-order chi connectivity index (χ1) is 7.41. The summed E-state index contributed by atoms with van der Waals surface area (Å²) < 4.78 is 11.0. The van der Waals surface area contributed by atoms with Crippen LogP contribution in [0.4, 0.5) is 0 Å². The summed E-state index contributed by atoms with van der Waals surface area (Å²) in [5.41, 5.74) is 0.392. The molecule has 0 amide bonds. The first-order valence-corrected chi connectivity index (χ1v) is 8.17. The van der Waals surface area contributed by atoms with Crippen LogP contribution in [-0.4, -0.2) is 28.8 Å². The van der Waals surface area contributed by atoms with Gasteiger partial charge in [-0.15, -0.1) is 0 Å². The van der Waals surface area contributed by atoms with Crippen molar-refractivity contribution < 1.29 is 4.21 Å². The van der Waals surface area contributed by atoms with Crippen molar-refractivity contribution in [2.45, 2.75) is 52.5 Å². The Balaban J connectivity index is 2.44. The van der Waals surface area contributed by atoms with E-state index in [0.29, 0.717) is 11.5 Å². The Bertz CT molecular complexity index is 235. The first kappa shape index (κ1) is 14.2. The summed E-state index contributed by atoms with van der Waals surface area (Å²) >= 11 is 0. The number of rotatable bonds is 4. The highest BCUT2D eigenvalue weighted by molar-refractivity contribution is 7.84. The minimum atomic E-state index is -0.665. The maximum atomic E-state index is 11.0. The van der Waals surface area contributed by atoms with Gasteiger partial charge in [0.1, 0.15) is 0 Å². The summed E-state index contributed by atoms with van der Waals surface area (Å²) in [6, 6.07) is 0.636. The van der Waals surface area contributed by atoms with Crippen LogP contribution in [-0.2, 0) is 10.8 Å². The van der Waals surface area contributed by atoms with Crippen molar-refractivity contribution in [1.29, 1.82) is 0 Å². The molecule has 0 saturated heterocycles. The fourth-order valence-electron chi connectivity index (χ4n) is 2.80. The van der Waals surface area contributed by atoms with Gasteiger partial charge in [0.05, 0.1) is 0 Å². The Morgan fingerprint density at radius 3 is 2.44 bits per heavy atom. The van der Waals surface area contributed by atoms with E-state index in [1.807, 2.05) is 0 Å². The largest absolute Gasteiger partial charge is 0.313 e. The van der Waals surface area contributed by atoms with Crippen LogP contribution in [0.25, 0.3) is 0 Å². The molecule has 0 aromatic heterocycles. The molecule has 1 saturated carbocycles. The van der Waals surface area contributed by atoms with Crippen LogP contribution in [0.1, 0.15) is 46.5 Å². The molecule has 3 atom stereocenters. The van der Waals surface area contributed by atoms with Crippen molar-refractivity contribution in [3.8, 4) is 0 Å². The van der Waals surface area contributed by atoms with Crippen LogP contribution >= 0.6 is 0 Å². The smallest absolute Gasteiger partial charge is 0.0357 e. The lowest BCUT2D eigenvalue weighted by Crippen LogP contribution is -2.45. The van der Waals surface area contributed by atoms with Gasteiger partial charge in [-0.3, -0.25) is 4.21 Å². The molecule has 3 heteroatoms. The summed E-state index contributed by atoms with van der Waals surface area (Å²) in [6.45, 7) is 7.93. The van der Waals surface area contributed by atoms with Crippen LogP contribution in [0.3, 0.4) is 0 Å². The van der Waals surface area contributed by atoms with E-state index >= 15 is 0 Å². The van der Waals surface area contributed by atoms with Crippen molar-refractivity contribution in [1.82, 2.24) is 5.32 Å². The van der Waals surface area contributed by atoms with Crippen molar-refractivity contribution >= 4 is 10.8 Å². The normalized spacial score (nSPS) is 29.0. The highest BCUT2D eigenvalue weighted by Gasteiger charge is 2.33. The van der Waals surface area contributed by atoms with Gasteiger partial charge in [-0.05, 0) is 24.2 Å². The van der Waals surface area contributed by atoms with Gasteiger partial charge in [-0.1, -0.05) is 33.6 Å². The fraction of sp³-hybridized carbons (Fsp3) is 1.00. The summed E-state index contributed by atoms with van der Waals surface area (Å²) in [7, 11) is -0.665. The predicted octanol–water partition coefficient (Wildman–Crippen LogP) is 2.56. The average Bonchev–Trinajstić information content (AvgIpc) is 2.16. The standard InChI is InChI=1S/C13H27NOS/c1-13(2,3)11-7-5-6-8-12(11)14-9-10-16(4)15/h11-12,14H,5-10H2,1-4H3. The van der Waals surface area contributed by atoms with E-state index in [0.717, 1.165) is 18.2 Å². The zero-order valence-corrected chi connectivity index (χ0v) is 12.0. The van der Waals surface area contributed by atoms with Crippen LogP contribution in [0.5, 0.6) is 0 Å². The third kappa shape index (κ3) is 4.54. The van der Waals surface area contributed by atoms with Gasteiger partial charge in [-0.2, -0.15) is 0 Å². The zero-order chi connectivity index (χ0) is 12.2. The van der Waals surface area contributed by atoms with Gasteiger partial charge in [0, 0.05) is 35.4 Å². The molecule has 16 heavy (non-hydrogen) atoms. The summed E-state index contributed by atoms with van der Waals surface area (Å²) in [5, 5.41) is 3.62. The molecule has 0 radical (unpaired) electrons. The first-order valence-electron chi connectivity index (χ1n) is 6.44. The van der Waals surface area contributed by atoms with E-state index in [9.17, 15) is 4.21 Å². The lowest BCUT2D eigenvalue weighted by Gasteiger charge is -2.41. The van der Waals surface area contributed by atoms with Crippen molar-refractivity contribution in [3.05, 3.63) is 0 Å². The highest BCUT2D eigenvalue weighted by Crippen LogP contribution is 2.37. The van der Waals surface area contributed by atoms with E-state index in [-0.39, 0.29) is 0 Å². The van der Waals surface area contributed by atoms with Crippen LogP contribution in [0.15, 0.2) is 0 Å². The van der Waals surface area contributed by atoms with Crippen molar-refractivity contribution in [3.63, 3.8) is 0 Å². The minimum absolute atomic E-state index is 0.392. The minimum Gasteiger partial charge on any atom is -0.313 e. The second kappa shape index (κ2) is 6.15. The SMILES string of the molecule is CS(=O)CCNC1CCCCC1C(C)(C)C. The molecule has 0 aromatic rings. The van der Waals surface area contributed by atoms with E-state index in [4.69, 9.17) is 0 Å². The molecular weight excluding hydrogens is 218 g/mol. The molecule has 0 aliphatic heterocycles. The molecule has 0 aromatic carbocycles. The Kier molecular flexibility index (Phi) is 5.45. The van der Waals surface area contributed by atoms with E-state index in [2.05, 4.69) is 26.1 Å². The van der Waals surface area contributed by atoms with Gasteiger partial charge < -0.3 is 5.32 Å². The molecule has 3 unspecified atom stereocenters. The Morgan fingerprint density at radius 2 is 1.88 bits per heavy atom. The van der Waals surface area contributed by atoms with Crippen LogP contribution in [0.2, 0.25) is 0 Å². The van der Waals surface area contributed by atoms with E-state index in [1.54, 1.807) is 6.26 Å². The molecule has 2 nitrogen and oxygen atoms in total. The molecule has 0 heterocycles.